The number of nitrogens with one attached hydrogen (secondary N) is 1. The lowest BCUT2D eigenvalue weighted by molar-refractivity contribution is -0.382. The standard InChI is InChI=1S/C14H17N3O2S/c1-2-14(6-3-7-14)8-15-10-4-5-11-12(16-9-20-11)13(10)17(18)19/h4-5,9,15H,2-3,6-8H2,1H3. The number of fused-ring (bicyclic) bond motifs is 1. The number of nitro benzene ring substituents is 1. The minimum Gasteiger partial charge on any atom is -0.379 e. The monoisotopic (exact) mass is 291 g/mol. The van der Waals surface area contributed by atoms with Crippen LogP contribution in [0.4, 0.5) is 11.4 Å². The summed E-state index contributed by atoms with van der Waals surface area (Å²) in [4.78, 5) is 15.1. The highest BCUT2D eigenvalue weighted by molar-refractivity contribution is 7.16. The van der Waals surface area contributed by atoms with E-state index < -0.39 is 0 Å². The number of rotatable bonds is 5. The van der Waals surface area contributed by atoms with E-state index in [1.54, 1.807) is 11.6 Å². The molecule has 1 aliphatic rings. The number of thiazole rings is 1. The second-order valence-corrected chi connectivity index (χ2v) is 6.36. The maximum Gasteiger partial charge on any atom is 0.319 e. The molecule has 1 aliphatic carbocycles. The third-order valence-electron chi connectivity index (χ3n) is 4.48. The van der Waals surface area contributed by atoms with Crippen molar-refractivity contribution in [3.05, 3.63) is 27.8 Å². The summed E-state index contributed by atoms with van der Waals surface area (Å²) in [6, 6.07) is 3.71. The lowest BCUT2D eigenvalue weighted by Gasteiger charge is -2.41. The average Bonchev–Trinajstić information content (AvgIpc) is 2.85. The molecule has 5 nitrogen and oxygen atoms in total. The summed E-state index contributed by atoms with van der Waals surface area (Å²) < 4.78 is 0.857. The molecule has 1 aromatic carbocycles. The summed E-state index contributed by atoms with van der Waals surface area (Å²) in [5.41, 5.74) is 3.16. The van der Waals surface area contributed by atoms with Crippen LogP contribution in [0.5, 0.6) is 0 Å². The van der Waals surface area contributed by atoms with Crippen molar-refractivity contribution < 1.29 is 4.92 Å². The van der Waals surface area contributed by atoms with Crippen molar-refractivity contribution in [3.63, 3.8) is 0 Å². The molecule has 0 saturated heterocycles. The molecule has 1 aromatic heterocycles. The minimum absolute atomic E-state index is 0.106. The Bertz CT molecular complexity index is 643. The van der Waals surface area contributed by atoms with Gasteiger partial charge in [-0.1, -0.05) is 13.3 Å². The SMILES string of the molecule is CCC1(CNc2ccc3scnc3c2[N+](=O)[O-])CCC1. The maximum atomic E-state index is 11.3. The first-order valence-corrected chi connectivity index (χ1v) is 7.78. The van der Waals surface area contributed by atoms with Crippen LogP contribution in [-0.4, -0.2) is 16.5 Å². The van der Waals surface area contributed by atoms with Crippen molar-refractivity contribution in [2.24, 2.45) is 5.41 Å². The van der Waals surface area contributed by atoms with E-state index in [1.807, 2.05) is 6.07 Å². The molecule has 1 saturated carbocycles. The first kappa shape index (κ1) is 13.3. The summed E-state index contributed by atoms with van der Waals surface area (Å²) in [7, 11) is 0. The van der Waals surface area contributed by atoms with E-state index in [9.17, 15) is 10.1 Å². The van der Waals surface area contributed by atoms with E-state index in [2.05, 4.69) is 17.2 Å². The first-order chi connectivity index (χ1) is 9.65. The van der Waals surface area contributed by atoms with Crippen LogP contribution < -0.4 is 5.32 Å². The number of hydrogen-bond acceptors (Lipinski definition) is 5. The molecule has 6 heteroatoms. The van der Waals surface area contributed by atoms with E-state index in [0.29, 0.717) is 16.6 Å². The van der Waals surface area contributed by atoms with Gasteiger partial charge >= 0.3 is 5.69 Å². The fourth-order valence-electron chi connectivity index (χ4n) is 2.86. The predicted molar refractivity (Wildman–Crippen MR) is 81.3 cm³/mol. The Labute approximate surface area is 121 Å². The molecule has 0 atom stereocenters. The largest absolute Gasteiger partial charge is 0.379 e. The van der Waals surface area contributed by atoms with E-state index in [-0.39, 0.29) is 10.6 Å². The third-order valence-corrected chi connectivity index (χ3v) is 5.27. The van der Waals surface area contributed by atoms with E-state index in [0.717, 1.165) is 17.7 Å². The normalized spacial score (nSPS) is 16.9. The highest BCUT2D eigenvalue weighted by atomic mass is 32.1. The Morgan fingerprint density at radius 2 is 2.30 bits per heavy atom. The number of benzene rings is 1. The van der Waals surface area contributed by atoms with Crippen LogP contribution in [0.25, 0.3) is 10.2 Å². The zero-order chi connectivity index (χ0) is 14.2. The molecular weight excluding hydrogens is 274 g/mol. The van der Waals surface area contributed by atoms with Gasteiger partial charge in [0.05, 0.1) is 15.1 Å². The number of aromatic nitrogens is 1. The molecule has 2 aromatic rings. The number of nitrogens with zero attached hydrogens (tertiary/aromatic N) is 2. The van der Waals surface area contributed by atoms with Crippen LogP contribution in [0.3, 0.4) is 0 Å². The van der Waals surface area contributed by atoms with Crippen molar-refractivity contribution in [2.45, 2.75) is 32.6 Å². The quantitative estimate of drug-likeness (QED) is 0.662. The van der Waals surface area contributed by atoms with E-state index in [1.165, 1.54) is 30.6 Å². The zero-order valence-corrected chi connectivity index (χ0v) is 12.2. The van der Waals surface area contributed by atoms with Gasteiger partial charge in [-0.2, -0.15) is 0 Å². The summed E-state index contributed by atoms with van der Waals surface area (Å²) in [5, 5.41) is 14.6. The third kappa shape index (κ3) is 2.14. The van der Waals surface area contributed by atoms with Gasteiger partial charge in [-0.05, 0) is 36.8 Å². The summed E-state index contributed by atoms with van der Waals surface area (Å²) in [5.74, 6) is 0. The molecule has 0 amide bonds. The number of anilines is 1. The second kappa shape index (κ2) is 5.01. The van der Waals surface area contributed by atoms with Crippen LogP contribution in [0.2, 0.25) is 0 Å². The van der Waals surface area contributed by atoms with E-state index in [4.69, 9.17) is 0 Å². The number of hydrogen-bond donors (Lipinski definition) is 1. The smallest absolute Gasteiger partial charge is 0.319 e. The number of nitro groups is 1. The summed E-state index contributed by atoms with van der Waals surface area (Å²) in [6.07, 6.45) is 4.81. The van der Waals surface area contributed by atoms with Crippen LogP contribution in [0.1, 0.15) is 32.6 Å². The van der Waals surface area contributed by atoms with Gasteiger partial charge < -0.3 is 5.32 Å². The molecule has 106 valence electrons. The van der Waals surface area contributed by atoms with Gasteiger partial charge in [-0.25, -0.2) is 4.98 Å². The molecule has 20 heavy (non-hydrogen) atoms. The van der Waals surface area contributed by atoms with Crippen molar-refractivity contribution in [1.82, 2.24) is 4.98 Å². The van der Waals surface area contributed by atoms with Gasteiger partial charge in [-0.15, -0.1) is 11.3 Å². The van der Waals surface area contributed by atoms with Crippen LogP contribution >= 0.6 is 11.3 Å². The van der Waals surface area contributed by atoms with E-state index >= 15 is 0 Å². The Morgan fingerprint density at radius 3 is 2.90 bits per heavy atom. The van der Waals surface area contributed by atoms with Gasteiger partial charge in [0.1, 0.15) is 5.69 Å². The second-order valence-electron chi connectivity index (χ2n) is 5.48. The maximum absolute atomic E-state index is 11.3. The lowest BCUT2D eigenvalue weighted by atomic mass is 9.67. The van der Waals surface area contributed by atoms with Crippen molar-refractivity contribution >= 4 is 32.9 Å². The van der Waals surface area contributed by atoms with Gasteiger partial charge in [0.2, 0.25) is 0 Å². The Kier molecular flexibility index (Phi) is 3.33. The molecule has 0 unspecified atom stereocenters. The highest BCUT2D eigenvalue weighted by Crippen LogP contribution is 2.44. The molecule has 1 fully saturated rings. The molecule has 0 radical (unpaired) electrons. The topological polar surface area (TPSA) is 68.1 Å². The Balaban J connectivity index is 1.90. The van der Waals surface area contributed by atoms with Gasteiger partial charge in [0, 0.05) is 6.54 Å². The minimum atomic E-state index is -0.330. The van der Waals surface area contributed by atoms with Gasteiger partial charge in [0.15, 0.2) is 5.52 Å². The van der Waals surface area contributed by atoms with Gasteiger partial charge in [-0.3, -0.25) is 10.1 Å². The van der Waals surface area contributed by atoms with Crippen molar-refractivity contribution in [3.8, 4) is 0 Å². The van der Waals surface area contributed by atoms with Crippen molar-refractivity contribution in [2.75, 3.05) is 11.9 Å². The van der Waals surface area contributed by atoms with Crippen LogP contribution in [-0.2, 0) is 0 Å². The molecule has 1 heterocycles. The average molecular weight is 291 g/mol. The Morgan fingerprint density at radius 1 is 1.50 bits per heavy atom. The summed E-state index contributed by atoms with van der Waals surface area (Å²) in [6.45, 7) is 3.00. The summed E-state index contributed by atoms with van der Waals surface area (Å²) >= 11 is 1.43. The van der Waals surface area contributed by atoms with Crippen LogP contribution in [0.15, 0.2) is 17.6 Å². The molecule has 0 spiro atoms. The molecule has 3 rings (SSSR count). The fraction of sp³-hybridized carbons (Fsp3) is 0.500. The van der Waals surface area contributed by atoms with Crippen molar-refractivity contribution in [1.29, 1.82) is 0 Å². The highest BCUT2D eigenvalue weighted by Gasteiger charge is 2.35. The molecule has 0 bridgehead atoms. The molecule has 1 N–H and O–H groups in total. The Hall–Kier alpha value is -1.69. The molecule has 0 aliphatic heterocycles. The fourth-order valence-corrected chi connectivity index (χ4v) is 3.54. The lowest BCUT2D eigenvalue weighted by Crippen LogP contribution is -2.35. The first-order valence-electron chi connectivity index (χ1n) is 6.90. The van der Waals surface area contributed by atoms with Gasteiger partial charge in [0.25, 0.3) is 0 Å². The van der Waals surface area contributed by atoms with Crippen LogP contribution in [0, 0.1) is 15.5 Å². The zero-order valence-electron chi connectivity index (χ0n) is 11.4. The molecular formula is C14H17N3O2S. The predicted octanol–water partition coefficient (Wildman–Crippen LogP) is 4.20.